The number of hydrogen-bond acceptors (Lipinski definition) is 5. The van der Waals surface area contributed by atoms with Crippen LogP contribution in [0, 0.1) is 0 Å². The predicted octanol–water partition coefficient (Wildman–Crippen LogP) is 3.21. The van der Waals surface area contributed by atoms with Crippen molar-refractivity contribution in [2.75, 3.05) is 11.9 Å². The number of thiazole rings is 1. The van der Waals surface area contributed by atoms with Crippen LogP contribution in [0.15, 0.2) is 16.8 Å². The normalized spacial score (nSPS) is 18.7. The Morgan fingerprint density at radius 2 is 2.44 bits per heavy atom. The van der Waals surface area contributed by atoms with E-state index in [9.17, 15) is 5.11 Å². The van der Waals surface area contributed by atoms with E-state index in [1.165, 1.54) is 5.56 Å². The van der Waals surface area contributed by atoms with E-state index in [0.717, 1.165) is 41.5 Å². The van der Waals surface area contributed by atoms with Crippen molar-refractivity contribution in [2.45, 2.75) is 31.9 Å². The van der Waals surface area contributed by atoms with E-state index in [2.05, 4.69) is 33.8 Å². The third-order valence-corrected chi connectivity index (χ3v) is 5.28. The Balaban J connectivity index is 1.80. The molecule has 2 heterocycles. The molecule has 18 heavy (non-hydrogen) atoms. The molecule has 2 aromatic rings. The Labute approximate surface area is 115 Å². The number of hydrogen-bond donors (Lipinski definition) is 1. The summed E-state index contributed by atoms with van der Waals surface area (Å²) in [5.74, 6) is 0. The Morgan fingerprint density at radius 3 is 3.17 bits per heavy atom. The number of aliphatic hydroxyl groups excluding tert-OH is 1. The Bertz CT molecular complexity index is 521. The molecule has 0 fully saturated rings. The first-order valence-corrected chi connectivity index (χ1v) is 7.90. The van der Waals surface area contributed by atoms with E-state index >= 15 is 0 Å². The zero-order valence-electron chi connectivity index (χ0n) is 10.3. The third kappa shape index (κ3) is 2.30. The first kappa shape index (κ1) is 12.1. The van der Waals surface area contributed by atoms with E-state index in [-0.39, 0.29) is 6.10 Å². The van der Waals surface area contributed by atoms with E-state index in [1.807, 2.05) is 0 Å². The molecule has 1 atom stereocenters. The minimum absolute atomic E-state index is 0.297. The molecule has 0 spiro atoms. The summed E-state index contributed by atoms with van der Waals surface area (Å²) in [6.45, 7) is 0.881. The van der Waals surface area contributed by atoms with Crippen LogP contribution in [0.4, 0.5) is 5.13 Å². The second-order valence-corrected chi connectivity index (χ2v) is 6.49. The molecule has 3 nitrogen and oxygen atoms in total. The zero-order chi connectivity index (χ0) is 12.5. The lowest BCUT2D eigenvalue weighted by atomic mass is 10.0. The molecule has 1 unspecified atom stereocenters. The van der Waals surface area contributed by atoms with Crippen molar-refractivity contribution in [3.05, 3.63) is 33.0 Å². The van der Waals surface area contributed by atoms with Crippen LogP contribution in [-0.2, 0) is 13.0 Å². The second kappa shape index (κ2) is 4.99. The Kier molecular flexibility index (Phi) is 3.37. The van der Waals surface area contributed by atoms with Crippen LogP contribution in [0.25, 0.3) is 0 Å². The zero-order valence-corrected chi connectivity index (χ0v) is 11.9. The number of aliphatic hydroxyl groups is 1. The minimum Gasteiger partial charge on any atom is -0.388 e. The summed E-state index contributed by atoms with van der Waals surface area (Å²) in [6, 6.07) is 2.14. The summed E-state index contributed by atoms with van der Waals surface area (Å²) in [5.41, 5.74) is 2.42. The SMILES string of the molecule is CN(Cc1ccsc1)c1nc2c(s1)C(O)CCC2. The summed E-state index contributed by atoms with van der Waals surface area (Å²) in [5, 5.41) is 15.2. The standard InChI is InChI=1S/C13H16N2OS2/c1-15(7-9-5-6-17-8-9)13-14-10-3-2-4-11(16)12(10)18-13/h5-6,8,11,16H,2-4,7H2,1H3. The largest absolute Gasteiger partial charge is 0.388 e. The van der Waals surface area contributed by atoms with Gasteiger partial charge in [-0.1, -0.05) is 11.3 Å². The summed E-state index contributed by atoms with van der Waals surface area (Å²) >= 11 is 3.36. The lowest BCUT2D eigenvalue weighted by Crippen LogP contribution is -2.15. The maximum Gasteiger partial charge on any atom is 0.185 e. The molecule has 1 aliphatic rings. The molecule has 1 N–H and O–H groups in total. The van der Waals surface area contributed by atoms with E-state index < -0.39 is 0 Å². The van der Waals surface area contributed by atoms with Crippen molar-refractivity contribution < 1.29 is 5.11 Å². The van der Waals surface area contributed by atoms with Crippen LogP contribution in [0.1, 0.15) is 35.1 Å². The van der Waals surface area contributed by atoms with Crippen molar-refractivity contribution in [1.82, 2.24) is 4.98 Å². The number of rotatable bonds is 3. The quantitative estimate of drug-likeness (QED) is 0.938. The van der Waals surface area contributed by atoms with Gasteiger partial charge in [0.2, 0.25) is 0 Å². The number of anilines is 1. The molecule has 0 saturated carbocycles. The van der Waals surface area contributed by atoms with Gasteiger partial charge in [0.1, 0.15) is 0 Å². The fourth-order valence-corrected chi connectivity index (χ4v) is 4.02. The number of aromatic nitrogens is 1. The van der Waals surface area contributed by atoms with Crippen LogP contribution in [0.5, 0.6) is 0 Å². The molecule has 5 heteroatoms. The van der Waals surface area contributed by atoms with Gasteiger partial charge >= 0.3 is 0 Å². The highest BCUT2D eigenvalue weighted by Crippen LogP contribution is 2.37. The van der Waals surface area contributed by atoms with Gasteiger partial charge in [-0.3, -0.25) is 0 Å². The van der Waals surface area contributed by atoms with Gasteiger partial charge in [0.25, 0.3) is 0 Å². The van der Waals surface area contributed by atoms with Crippen molar-refractivity contribution >= 4 is 27.8 Å². The smallest absolute Gasteiger partial charge is 0.185 e. The van der Waals surface area contributed by atoms with Crippen LogP contribution in [0.2, 0.25) is 0 Å². The lowest BCUT2D eigenvalue weighted by Gasteiger charge is -2.14. The molecule has 0 bridgehead atoms. The van der Waals surface area contributed by atoms with Crippen LogP contribution in [0.3, 0.4) is 0 Å². The molecule has 0 aliphatic heterocycles. The summed E-state index contributed by atoms with van der Waals surface area (Å²) < 4.78 is 0. The number of fused-ring (bicyclic) bond motifs is 1. The van der Waals surface area contributed by atoms with Gasteiger partial charge in [0.05, 0.1) is 16.7 Å². The van der Waals surface area contributed by atoms with Gasteiger partial charge < -0.3 is 10.0 Å². The molecule has 0 saturated heterocycles. The summed E-state index contributed by atoms with van der Waals surface area (Å²) in [7, 11) is 2.06. The molecule has 96 valence electrons. The average Bonchev–Trinajstić information content (AvgIpc) is 2.97. The first-order valence-electron chi connectivity index (χ1n) is 6.14. The topological polar surface area (TPSA) is 36.4 Å². The lowest BCUT2D eigenvalue weighted by molar-refractivity contribution is 0.160. The first-order chi connectivity index (χ1) is 8.74. The molecular formula is C13H16N2OS2. The number of nitrogens with zero attached hydrogens (tertiary/aromatic N) is 2. The van der Waals surface area contributed by atoms with E-state index in [4.69, 9.17) is 0 Å². The van der Waals surface area contributed by atoms with Crippen LogP contribution >= 0.6 is 22.7 Å². The predicted molar refractivity (Wildman–Crippen MR) is 76.4 cm³/mol. The van der Waals surface area contributed by atoms with Gasteiger partial charge in [-0.2, -0.15) is 11.3 Å². The fourth-order valence-electron chi connectivity index (χ4n) is 2.27. The second-order valence-electron chi connectivity index (χ2n) is 4.70. The maximum atomic E-state index is 9.97. The van der Waals surface area contributed by atoms with Gasteiger partial charge in [-0.25, -0.2) is 4.98 Å². The highest BCUT2D eigenvalue weighted by Gasteiger charge is 2.23. The maximum absolute atomic E-state index is 9.97. The van der Waals surface area contributed by atoms with Gasteiger partial charge in [0.15, 0.2) is 5.13 Å². The highest BCUT2D eigenvalue weighted by atomic mass is 32.1. The fraction of sp³-hybridized carbons (Fsp3) is 0.462. The Morgan fingerprint density at radius 1 is 1.56 bits per heavy atom. The molecule has 1 aliphatic carbocycles. The monoisotopic (exact) mass is 280 g/mol. The van der Waals surface area contributed by atoms with Gasteiger partial charge in [-0.15, -0.1) is 0 Å². The van der Waals surface area contributed by atoms with Gasteiger partial charge in [-0.05, 0) is 41.7 Å². The van der Waals surface area contributed by atoms with Crippen molar-refractivity contribution in [3.8, 4) is 0 Å². The summed E-state index contributed by atoms with van der Waals surface area (Å²) in [6.07, 6.45) is 2.64. The van der Waals surface area contributed by atoms with Crippen LogP contribution < -0.4 is 4.90 Å². The minimum atomic E-state index is -0.297. The van der Waals surface area contributed by atoms with Crippen LogP contribution in [-0.4, -0.2) is 17.1 Å². The third-order valence-electron chi connectivity index (χ3n) is 3.24. The highest BCUT2D eigenvalue weighted by molar-refractivity contribution is 7.15. The summed E-state index contributed by atoms with van der Waals surface area (Å²) in [4.78, 5) is 7.91. The molecule has 0 radical (unpaired) electrons. The molecule has 3 rings (SSSR count). The number of thiophene rings is 1. The molecule has 2 aromatic heterocycles. The number of aryl methyl sites for hydroxylation is 1. The Hall–Kier alpha value is -0.910. The molecule has 0 aromatic carbocycles. The van der Waals surface area contributed by atoms with E-state index in [0.29, 0.717) is 0 Å². The van der Waals surface area contributed by atoms with Crippen molar-refractivity contribution in [1.29, 1.82) is 0 Å². The van der Waals surface area contributed by atoms with E-state index in [1.54, 1.807) is 22.7 Å². The average molecular weight is 280 g/mol. The molecule has 0 amide bonds. The van der Waals surface area contributed by atoms with Crippen molar-refractivity contribution in [2.24, 2.45) is 0 Å². The molecular weight excluding hydrogens is 264 g/mol. The van der Waals surface area contributed by atoms with Gasteiger partial charge in [0, 0.05) is 13.6 Å². The van der Waals surface area contributed by atoms with Crippen molar-refractivity contribution in [3.63, 3.8) is 0 Å².